The Morgan fingerprint density at radius 1 is 1.45 bits per heavy atom. The van der Waals surface area contributed by atoms with Crippen molar-refractivity contribution in [2.45, 2.75) is 58.9 Å². The summed E-state index contributed by atoms with van der Waals surface area (Å²) in [6, 6.07) is 0.298. The second-order valence-electron chi connectivity index (χ2n) is 6.78. The zero-order chi connectivity index (χ0) is 14.8. The molecule has 4 nitrogen and oxygen atoms in total. The Labute approximate surface area is 125 Å². The highest BCUT2D eigenvalue weighted by Crippen LogP contribution is 2.37. The lowest BCUT2D eigenvalue weighted by Crippen LogP contribution is -2.47. The first-order valence-electron chi connectivity index (χ1n) is 7.35. The third-order valence-electron chi connectivity index (χ3n) is 4.14. The lowest BCUT2D eigenvalue weighted by Gasteiger charge is -2.40. The smallest absolute Gasteiger partial charge is 0.226 e. The first kappa shape index (κ1) is 15.3. The van der Waals surface area contributed by atoms with Gasteiger partial charge in [-0.1, -0.05) is 33.6 Å². The van der Waals surface area contributed by atoms with Gasteiger partial charge < -0.3 is 11.1 Å². The molecule has 1 fully saturated rings. The van der Waals surface area contributed by atoms with Gasteiger partial charge in [-0.25, -0.2) is 4.98 Å². The monoisotopic (exact) mass is 295 g/mol. The van der Waals surface area contributed by atoms with Crippen molar-refractivity contribution in [2.24, 2.45) is 11.3 Å². The SMILES string of the molecule is CC(C)(C)C1CCCCC1NC(=O)Cc1csc(N)n1. The minimum Gasteiger partial charge on any atom is -0.375 e. The number of hydrogen-bond donors (Lipinski definition) is 2. The Morgan fingerprint density at radius 2 is 2.15 bits per heavy atom. The number of amides is 1. The number of nitrogens with two attached hydrogens (primary N) is 1. The highest BCUT2D eigenvalue weighted by atomic mass is 32.1. The van der Waals surface area contributed by atoms with E-state index in [2.05, 4.69) is 31.1 Å². The van der Waals surface area contributed by atoms with Crippen LogP contribution in [0.2, 0.25) is 0 Å². The quantitative estimate of drug-likeness (QED) is 0.900. The molecule has 1 saturated carbocycles. The van der Waals surface area contributed by atoms with E-state index in [1.54, 1.807) is 0 Å². The zero-order valence-electron chi connectivity index (χ0n) is 12.6. The summed E-state index contributed by atoms with van der Waals surface area (Å²) < 4.78 is 0. The number of anilines is 1. The van der Waals surface area contributed by atoms with E-state index < -0.39 is 0 Å². The Hall–Kier alpha value is -1.10. The van der Waals surface area contributed by atoms with Gasteiger partial charge in [-0.2, -0.15) is 0 Å². The molecule has 1 heterocycles. The molecule has 20 heavy (non-hydrogen) atoms. The predicted molar refractivity (Wildman–Crippen MR) is 83.6 cm³/mol. The Bertz CT molecular complexity index is 464. The van der Waals surface area contributed by atoms with Gasteiger partial charge in [-0.05, 0) is 24.2 Å². The van der Waals surface area contributed by atoms with Crippen molar-refractivity contribution in [3.05, 3.63) is 11.1 Å². The van der Waals surface area contributed by atoms with Crippen LogP contribution in [-0.4, -0.2) is 16.9 Å². The molecule has 1 aliphatic carbocycles. The molecule has 0 bridgehead atoms. The summed E-state index contributed by atoms with van der Waals surface area (Å²) in [6.07, 6.45) is 5.12. The van der Waals surface area contributed by atoms with Crippen molar-refractivity contribution in [3.8, 4) is 0 Å². The Balaban J connectivity index is 1.94. The van der Waals surface area contributed by atoms with E-state index in [4.69, 9.17) is 5.73 Å². The van der Waals surface area contributed by atoms with Crippen LogP contribution in [0.15, 0.2) is 5.38 Å². The van der Waals surface area contributed by atoms with Crippen molar-refractivity contribution >= 4 is 22.4 Å². The molecular formula is C15H25N3OS. The summed E-state index contributed by atoms with van der Waals surface area (Å²) in [5.74, 6) is 0.622. The molecule has 0 saturated heterocycles. The molecule has 2 unspecified atom stereocenters. The van der Waals surface area contributed by atoms with Crippen LogP contribution in [0.1, 0.15) is 52.1 Å². The fourth-order valence-corrected chi connectivity index (χ4v) is 3.73. The number of carbonyl (C=O) groups excluding carboxylic acids is 1. The second-order valence-corrected chi connectivity index (χ2v) is 7.67. The normalized spacial score (nSPS) is 23.6. The first-order chi connectivity index (χ1) is 9.36. The number of nitrogens with one attached hydrogen (secondary N) is 1. The number of rotatable bonds is 3. The maximum absolute atomic E-state index is 12.2. The van der Waals surface area contributed by atoms with Crippen molar-refractivity contribution in [1.82, 2.24) is 10.3 Å². The van der Waals surface area contributed by atoms with E-state index in [-0.39, 0.29) is 11.3 Å². The fourth-order valence-electron chi connectivity index (χ4n) is 3.17. The number of nitrogen functional groups attached to an aromatic ring is 1. The molecule has 0 aromatic carbocycles. The van der Waals surface area contributed by atoms with Crippen LogP contribution < -0.4 is 11.1 Å². The summed E-state index contributed by atoms with van der Waals surface area (Å²) in [5.41, 5.74) is 6.60. The topological polar surface area (TPSA) is 68.0 Å². The maximum atomic E-state index is 12.2. The zero-order valence-corrected chi connectivity index (χ0v) is 13.4. The fraction of sp³-hybridized carbons (Fsp3) is 0.733. The molecule has 1 amide bonds. The van der Waals surface area contributed by atoms with E-state index in [1.165, 1.54) is 30.6 Å². The summed E-state index contributed by atoms with van der Waals surface area (Å²) in [7, 11) is 0. The molecule has 3 N–H and O–H groups in total. The Kier molecular flexibility index (Phi) is 4.68. The van der Waals surface area contributed by atoms with Crippen molar-refractivity contribution in [3.63, 3.8) is 0 Å². The van der Waals surface area contributed by atoms with Gasteiger partial charge in [0.15, 0.2) is 5.13 Å². The minimum absolute atomic E-state index is 0.0662. The number of thiazole rings is 1. The van der Waals surface area contributed by atoms with Crippen LogP contribution in [0.3, 0.4) is 0 Å². The van der Waals surface area contributed by atoms with E-state index in [9.17, 15) is 4.79 Å². The van der Waals surface area contributed by atoms with Gasteiger partial charge in [0.25, 0.3) is 0 Å². The van der Waals surface area contributed by atoms with Gasteiger partial charge in [0.05, 0.1) is 12.1 Å². The summed E-state index contributed by atoms with van der Waals surface area (Å²) >= 11 is 1.38. The van der Waals surface area contributed by atoms with Gasteiger partial charge in [-0.3, -0.25) is 4.79 Å². The summed E-state index contributed by atoms with van der Waals surface area (Å²) in [4.78, 5) is 16.3. The van der Waals surface area contributed by atoms with Crippen LogP contribution in [-0.2, 0) is 11.2 Å². The Morgan fingerprint density at radius 3 is 2.75 bits per heavy atom. The van der Waals surface area contributed by atoms with Crippen molar-refractivity contribution in [2.75, 3.05) is 5.73 Å². The summed E-state index contributed by atoms with van der Waals surface area (Å²) in [6.45, 7) is 6.80. The lowest BCUT2D eigenvalue weighted by atomic mass is 9.69. The molecule has 0 aliphatic heterocycles. The van der Waals surface area contributed by atoms with Crippen LogP contribution in [0, 0.1) is 11.3 Å². The van der Waals surface area contributed by atoms with Crippen molar-refractivity contribution < 1.29 is 4.79 Å². The van der Waals surface area contributed by atoms with Gasteiger partial charge in [0, 0.05) is 11.4 Å². The molecule has 1 aliphatic rings. The molecule has 2 atom stereocenters. The standard InChI is InChI=1S/C15H25N3OS/c1-15(2,3)11-6-4-5-7-12(11)18-13(19)8-10-9-20-14(16)17-10/h9,11-12H,4-8H2,1-3H3,(H2,16,17)(H,18,19). The second kappa shape index (κ2) is 6.12. The minimum atomic E-state index is 0.0662. The molecule has 2 rings (SSSR count). The third-order valence-corrected chi connectivity index (χ3v) is 4.86. The van der Waals surface area contributed by atoms with Crippen LogP contribution >= 0.6 is 11.3 Å². The van der Waals surface area contributed by atoms with E-state index in [1.807, 2.05) is 5.38 Å². The molecule has 1 aromatic rings. The molecular weight excluding hydrogens is 270 g/mol. The third kappa shape index (κ3) is 3.95. The molecule has 0 radical (unpaired) electrons. The van der Waals surface area contributed by atoms with Gasteiger partial charge in [-0.15, -0.1) is 11.3 Å². The number of nitrogens with zero attached hydrogens (tertiary/aromatic N) is 1. The largest absolute Gasteiger partial charge is 0.375 e. The first-order valence-corrected chi connectivity index (χ1v) is 8.23. The van der Waals surface area contributed by atoms with Crippen LogP contribution in [0.25, 0.3) is 0 Å². The van der Waals surface area contributed by atoms with Crippen LogP contribution in [0.5, 0.6) is 0 Å². The molecule has 0 spiro atoms. The molecule has 112 valence electrons. The van der Waals surface area contributed by atoms with Crippen molar-refractivity contribution in [1.29, 1.82) is 0 Å². The predicted octanol–water partition coefficient (Wildman–Crippen LogP) is 2.99. The summed E-state index contributed by atoms with van der Waals surface area (Å²) in [5, 5.41) is 5.60. The highest BCUT2D eigenvalue weighted by Gasteiger charge is 2.34. The highest BCUT2D eigenvalue weighted by molar-refractivity contribution is 7.13. The number of carbonyl (C=O) groups is 1. The average molecular weight is 295 g/mol. The number of hydrogen-bond acceptors (Lipinski definition) is 4. The maximum Gasteiger partial charge on any atom is 0.226 e. The van der Waals surface area contributed by atoms with E-state index >= 15 is 0 Å². The number of aromatic nitrogens is 1. The molecule has 5 heteroatoms. The molecule has 1 aromatic heterocycles. The van der Waals surface area contributed by atoms with Gasteiger partial charge in [0.1, 0.15) is 0 Å². The van der Waals surface area contributed by atoms with E-state index in [0.717, 1.165) is 12.1 Å². The van der Waals surface area contributed by atoms with E-state index in [0.29, 0.717) is 23.5 Å². The van der Waals surface area contributed by atoms with Gasteiger partial charge >= 0.3 is 0 Å². The van der Waals surface area contributed by atoms with Crippen LogP contribution in [0.4, 0.5) is 5.13 Å². The van der Waals surface area contributed by atoms with Gasteiger partial charge in [0.2, 0.25) is 5.91 Å². The average Bonchev–Trinajstić information content (AvgIpc) is 2.73. The lowest BCUT2D eigenvalue weighted by molar-refractivity contribution is -0.122.